The quantitative estimate of drug-likeness (QED) is 0.927. The molecule has 0 atom stereocenters. The van der Waals surface area contributed by atoms with E-state index in [2.05, 4.69) is 25.6 Å². The van der Waals surface area contributed by atoms with Gasteiger partial charge in [-0.05, 0) is 28.1 Å². The largest absolute Gasteiger partial charge is 0.337 e. The number of imidazole rings is 1. The number of aryl methyl sites for hydroxylation is 1. The molecule has 0 aliphatic rings. The van der Waals surface area contributed by atoms with Crippen LogP contribution in [-0.4, -0.2) is 18.0 Å². The highest BCUT2D eigenvalue weighted by atomic mass is 79.9. The van der Waals surface area contributed by atoms with Crippen molar-refractivity contribution in [3.05, 3.63) is 47.0 Å². The molecule has 0 radical (unpaired) electrons. The van der Waals surface area contributed by atoms with Gasteiger partial charge in [-0.25, -0.2) is 18.1 Å². The first-order chi connectivity index (χ1) is 8.50. The molecule has 5 nitrogen and oxygen atoms in total. The van der Waals surface area contributed by atoms with Gasteiger partial charge in [-0.2, -0.15) is 0 Å². The van der Waals surface area contributed by atoms with E-state index in [1.54, 1.807) is 41.2 Å². The molecule has 1 aromatic heterocycles. The van der Waals surface area contributed by atoms with Gasteiger partial charge in [-0.15, -0.1) is 0 Å². The minimum atomic E-state index is -3.53. The average Bonchev–Trinajstić information content (AvgIpc) is 2.73. The Labute approximate surface area is 114 Å². The van der Waals surface area contributed by atoms with Gasteiger partial charge in [-0.3, -0.25) is 0 Å². The number of aromatic nitrogens is 2. The van der Waals surface area contributed by atoms with Crippen LogP contribution in [0.5, 0.6) is 0 Å². The third-order valence-electron chi connectivity index (χ3n) is 2.47. The van der Waals surface area contributed by atoms with Crippen LogP contribution in [0.4, 0.5) is 0 Å². The third kappa shape index (κ3) is 2.80. The molecule has 7 heteroatoms. The van der Waals surface area contributed by atoms with E-state index in [0.717, 1.165) is 0 Å². The van der Waals surface area contributed by atoms with E-state index in [-0.39, 0.29) is 11.4 Å². The van der Waals surface area contributed by atoms with Crippen LogP contribution in [0, 0.1) is 0 Å². The van der Waals surface area contributed by atoms with Crippen molar-refractivity contribution >= 4 is 26.0 Å². The fourth-order valence-corrected chi connectivity index (χ4v) is 3.45. The van der Waals surface area contributed by atoms with Crippen LogP contribution in [-0.2, 0) is 23.6 Å². The summed E-state index contributed by atoms with van der Waals surface area (Å²) in [4.78, 5) is 4.28. The van der Waals surface area contributed by atoms with Crippen LogP contribution in [0.1, 0.15) is 5.82 Å². The zero-order chi connectivity index (χ0) is 13.2. The molecule has 0 saturated heterocycles. The first-order valence-electron chi connectivity index (χ1n) is 5.21. The highest BCUT2D eigenvalue weighted by molar-refractivity contribution is 9.10. The van der Waals surface area contributed by atoms with Crippen LogP contribution in [0.15, 0.2) is 46.0 Å². The zero-order valence-corrected chi connectivity index (χ0v) is 12.1. The second kappa shape index (κ2) is 5.21. The van der Waals surface area contributed by atoms with E-state index in [1.807, 2.05) is 7.05 Å². The predicted octanol–water partition coefficient (Wildman–Crippen LogP) is 1.66. The van der Waals surface area contributed by atoms with E-state index < -0.39 is 10.0 Å². The average molecular weight is 330 g/mol. The normalized spacial score (nSPS) is 11.7. The Hall–Kier alpha value is -1.18. The lowest BCUT2D eigenvalue weighted by Gasteiger charge is -2.08. The van der Waals surface area contributed by atoms with Crippen molar-refractivity contribution in [2.45, 2.75) is 11.4 Å². The molecule has 18 heavy (non-hydrogen) atoms. The van der Waals surface area contributed by atoms with Crippen molar-refractivity contribution in [2.75, 3.05) is 0 Å². The number of hydrogen-bond acceptors (Lipinski definition) is 3. The van der Waals surface area contributed by atoms with Gasteiger partial charge in [0.15, 0.2) is 0 Å². The van der Waals surface area contributed by atoms with Crippen LogP contribution < -0.4 is 4.72 Å². The van der Waals surface area contributed by atoms with Gasteiger partial charge in [0.2, 0.25) is 10.0 Å². The van der Waals surface area contributed by atoms with Gasteiger partial charge in [0, 0.05) is 23.9 Å². The second-order valence-corrected chi connectivity index (χ2v) is 6.30. The molecule has 0 spiro atoms. The molecule has 0 fully saturated rings. The van der Waals surface area contributed by atoms with E-state index in [4.69, 9.17) is 0 Å². The van der Waals surface area contributed by atoms with Crippen molar-refractivity contribution in [2.24, 2.45) is 7.05 Å². The zero-order valence-electron chi connectivity index (χ0n) is 9.67. The van der Waals surface area contributed by atoms with Crippen molar-refractivity contribution in [3.63, 3.8) is 0 Å². The van der Waals surface area contributed by atoms with Crippen LogP contribution in [0.3, 0.4) is 0 Å². The van der Waals surface area contributed by atoms with Crippen LogP contribution in [0.25, 0.3) is 0 Å². The monoisotopic (exact) mass is 329 g/mol. The summed E-state index contributed by atoms with van der Waals surface area (Å²) in [7, 11) is -1.72. The van der Waals surface area contributed by atoms with Gasteiger partial charge in [0.1, 0.15) is 5.82 Å². The maximum absolute atomic E-state index is 12.1. The molecule has 0 aliphatic heterocycles. The molecule has 2 rings (SSSR count). The SMILES string of the molecule is Cn1ccnc1CNS(=O)(=O)c1ccccc1Br. The topological polar surface area (TPSA) is 64.0 Å². The fourth-order valence-electron chi connectivity index (χ4n) is 1.47. The Balaban J connectivity index is 2.19. The Bertz CT molecular complexity index is 652. The first-order valence-corrected chi connectivity index (χ1v) is 7.49. The van der Waals surface area contributed by atoms with Crippen LogP contribution >= 0.6 is 15.9 Å². The summed E-state index contributed by atoms with van der Waals surface area (Å²) < 4.78 is 29.0. The van der Waals surface area contributed by atoms with Gasteiger partial charge in [-0.1, -0.05) is 12.1 Å². The maximum atomic E-state index is 12.1. The Kier molecular flexibility index (Phi) is 3.84. The summed E-state index contributed by atoms with van der Waals surface area (Å²) in [6.45, 7) is 0.160. The molecule has 1 aromatic carbocycles. The minimum absolute atomic E-state index is 0.160. The fraction of sp³-hybridized carbons (Fsp3) is 0.182. The summed E-state index contributed by atoms with van der Waals surface area (Å²) in [5, 5.41) is 0. The smallest absolute Gasteiger partial charge is 0.242 e. The van der Waals surface area contributed by atoms with Gasteiger partial charge in [0.25, 0.3) is 0 Å². The highest BCUT2D eigenvalue weighted by Crippen LogP contribution is 2.20. The third-order valence-corrected chi connectivity index (χ3v) is 4.88. The van der Waals surface area contributed by atoms with E-state index in [1.165, 1.54) is 0 Å². The molecule has 0 amide bonds. The standard InChI is InChI=1S/C11H12BrN3O2S/c1-15-7-6-13-11(15)8-14-18(16,17)10-5-3-2-4-9(10)12/h2-7,14H,8H2,1H3. The molecule has 0 bridgehead atoms. The Morgan fingerprint density at radius 2 is 2.11 bits per heavy atom. The molecule has 0 aliphatic carbocycles. The van der Waals surface area contributed by atoms with Gasteiger partial charge >= 0.3 is 0 Å². The maximum Gasteiger partial charge on any atom is 0.242 e. The van der Waals surface area contributed by atoms with E-state index >= 15 is 0 Å². The lowest BCUT2D eigenvalue weighted by Crippen LogP contribution is -2.25. The van der Waals surface area contributed by atoms with Crippen molar-refractivity contribution in [3.8, 4) is 0 Å². The Morgan fingerprint density at radius 1 is 1.39 bits per heavy atom. The van der Waals surface area contributed by atoms with Crippen molar-refractivity contribution in [1.82, 2.24) is 14.3 Å². The van der Waals surface area contributed by atoms with Gasteiger partial charge < -0.3 is 4.57 Å². The first kappa shape index (κ1) is 13.3. The molecule has 1 heterocycles. The molecule has 1 N–H and O–H groups in total. The summed E-state index contributed by atoms with van der Waals surface area (Å²) >= 11 is 3.23. The number of nitrogens with zero attached hydrogens (tertiary/aromatic N) is 2. The second-order valence-electron chi connectivity index (χ2n) is 3.71. The molecule has 2 aromatic rings. The van der Waals surface area contributed by atoms with Crippen LogP contribution in [0.2, 0.25) is 0 Å². The van der Waals surface area contributed by atoms with E-state index in [9.17, 15) is 8.42 Å². The molecule has 0 unspecified atom stereocenters. The number of rotatable bonds is 4. The number of hydrogen-bond donors (Lipinski definition) is 1. The molecule has 0 saturated carbocycles. The molecular formula is C11H12BrN3O2S. The number of nitrogens with one attached hydrogen (secondary N) is 1. The highest BCUT2D eigenvalue weighted by Gasteiger charge is 2.17. The summed E-state index contributed by atoms with van der Waals surface area (Å²) in [6, 6.07) is 6.68. The predicted molar refractivity (Wildman–Crippen MR) is 71.4 cm³/mol. The summed E-state index contributed by atoms with van der Waals surface area (Å²) in [5.74, 6) is 0.658. The van der Waals surface area contributed by atoms with Crippen molar-refractivity contribution in [1.29, 1.82) is 0 Å². The molecular weight excluding hydrogens is 318 g/mol. The van der Waals surface area contributed by atoms with Gasteiger partial charge in [0.05, 0.1) is 11.4 Å². The summed E-state index contributed by atoms with van der Waals surface area (Å²) in [6.07, 6.45) is 3.39. The minimum Gasteiger partial charge on any atom is -0.337 e. The number of sulfonamides is 1. The Morgan fingerprint density at radius 3 is 2.72 bits per heavy atom. The lowest BCUT2D eigenvalue weighted by molar-refractivity contribution is 0.577. The summed E-state index contributed by atoms with van der Waals surface area (Å²) in [5.41, 5.74) is 0. The lowest BCUT2D eigenvalue weighted by atomic mass is 10.4. The molecule has 96 valence electrons. The van der Waals surface area contributed by atoms with E-state index in [0.29, 0.717) is 10.3 Å². The number of halogens is 1. The van der Waals surface area contributed by atoms with Crippen molar-refractivity contribution < 1.29 is 8.42 Å². The number of benzene rings is 1.